The van der Waals surface area contributed by atoms with Crippen LogP contribution in [0, 0.1) is 0 Å². The number of hydrogen-bond donors (Lipinski definition) is 2. The van der Waals surface area contributed by atoms with E-state index in [2.05, 4.69) is 14.8 Å². The third-order valence-corrected chi connectivity index (χ3v) is 0.956. The van der Waals surface area contributed by atoms with E-state index in [0.717, 1.165) is 13.8 Å². The Morgan fingerprint density at radius 2 is 1.86 bits per heavy atom. The van der Waals surface area contributed by atoms with Gasteiger partial charge in [-0.15, -0.1) is 0 Å². The van der Waals surface area contributed by atoms with E-state index in [-0.39, 0.29) is 0 Å². The third-order valence-electron chi connectivity index (χ3n) is 0.956. The monoisotopic (exact) mass is 205 g/mol. The van der Waals surface area contributed by atoms with Crippen molar-refractivity contribution in [3.63, 3.8) is 0 Å². The lowest BCUT2D eigenvalue weighted by atomic mass is 10.6. The van der Waals surface area contributed by atoms with Gasteiger partial charge in [-0.1, -0.05) is 0 Å². The zero-order chi connectivity index (χ0) is 11.1. The summed E-state index contributed by atoms with van der Waals surface area (Å²) in [5.74, 6) is -2.33. The Kier molecular flexibility index (Phi) is 5.42. The Labute approximate surface area is 80.0 Å². The molecule has 0 radical (unpaired) electrons. The van der Waals surface area contributed by atoms with Crippen LogP contribution in [-0.2, 0) is 23.9 Å². The molecule has 0 aliphatic rings. The summed E-state index contributed by atoms with van der Waals surface area (Å²) in [7, 11) is 0. The van der Waals surface area contributed by atoms with Gasteiger partial charge in [0.05, 0.1) is 6.54 Å². The molecular weight excluding hydrogens is 194 g/mol. The van der Waals surface area contributed by atoms with Gasteiger partial charge in [-0.05, 0) is 0 Å². The van der Waals surface area contributed by atoms with Crippen LogP contribution in [0.4, 0.5) is 0 Å². The fourth-order valence-corrected chi connectivity index (χ4v) is 0.566. The number of aliphatic hydroxyl groups is 1. The molecule has 0 saturated heterocycles. The maximum atomic E-state index is 10.7. The van der Waals surface area contributed by atoms with E-state index >= 15 is 0 Å². The van der Waals surface area contributed by atoms with E-state index in [0.29, 0.717) is 0 Å². The van der Waals surface area contributed by atoms with E-state index in [1.165, 1.54) is 0 Å². The number of carbonyl (C=O) groups excluding carboxylic acids is 3. The van der Waals surface area contributed by atoms with Crippen molar-refractivity contribution in [3.8, 4) is 0 Å². The second-order valence-electron chi connectivity index (χ2n) is 2.31. The highest BCUT2D eigenvalue weighted by atomic mass is 16.7. The van der Waals surface area contributed by atoms with Crippen LogP contribution in [0.1, 0.15) is 13.8 Å². The molecule has 0 aliphatic heterocycles. The highest BCUT2D eigenvalue weighted by Gasteiger charge is 2.10. The zero-order valence-corrected chi connectivity index (χ0v) is 7.77. The van der Waals surface area contributed by atoms with Crippen molar-refractivity contribution in [1.29, 1.82) is 0 Å². The molecule has 2 N–H and O–H groups in total. The van der Waals surface area contributed by atoms with Crippen LogP contribution in [0.2, 0.25) is 0 Å². The van der Waals surface area contributed by atoms with Crippen molar-refractivity contribution in [2.24, 2.45) is 0 Å². The molecule has 7 heteroatoms. The molecule has 0 aromatic rings. The molecule has 0 heterocycles. The molecule has 80 valence electrons. The van der Waals surface area contributed by atoms with Crippen LogP contribution in [0.25, 0.3) is 0 Å². The Morgan fingerprint density at radius 3 is 2.29 bits per heavy atom. The maximum absolute atomic E-state index is 10.7. The number of esters is 3. The number of carbonyl (C=O) groups is 3. The quantitative estimate of drug-likeness (QED) is 0.327. The first kappa shape index (κ1) is 12.5. The first-order valence-electron chi connectivity index (χ1n) is 3.71. The van der Waals surface area contributed by atoms with Crippen molar-refractivity contribution in [3.05, 3.63) is 0 Å². The normalized spacial score (nSPS) is 11.6. The van der Waals surface area contributed by atoms with Gasteiger partial charge >= 0.3 is 17.9 Å². The lowest BCUT2D eigenvalue weighted by molar-refractivity contribution is -0.174. The van der Waals surface area contributed by atoms with Crippen LogP contribution in [-0.4, -0.2) is 36.0 Å². The lowest BCUT2D eigenvalue weighted by Crippen LogP contribution is -2.37. The van der Waals surface area contributed by atoms with Gasteiger partial charge in [-0.2, -0.15) is 0 Å². The Hall–Kier alpha value is -1.47. The number of nitrogens with one attached hydrogen (secondary N) is 1. The Morgan fingerprint density at radius 1 is 1.29 bits per heavy atom. The number of ether oxygens (including phenoxy) is 2. The molecule has 1 atom stereocenters. The van der Waals surface area contributed by atoms with Crippen molar-refractivity contribution >= 4 is 17.9 Å². The van der Waals surface area contributed by atoms with Gasteiger partial charge in [0.2, 0.25) is 0 Å². The molecule has 0 bridgehead atoms. The average molecular weight is 205 g/mol. The smallest absolute Gasteiger partial charge is 0.327 e. The minimum atomic E-state index is -1.59. The van der Waals surface area contributed by atoms with Crippen molar-refractivity contribution < 1.29 is 29.0 Å². The molecule has 0 aromatic heterocycles. The minimum absolute atomic E-state index is 0.436. The van der Waals surface area contributed by atoms with E-state index in [1.807, 2.05) is 0 Å². The largest absolute Gasteiger partial charge is 0.422 e. The van der Waals surface area contributed by atoms with E-state index < -0.39 is 30.9 Å². The number of hydrogen-bond acceptors (Lipinski definition) is 7. The molecule has 0 rings (SSSR count). The lowest BCUT2D eigenvalue weighted by Gasteiger charge is -2.10. The van der Waals surface area contributed by atoms with Gasteiger partial charge in [0, 0.05) is 13.8 Å². The summed E-state index contributed by atoms with van der Waals surface area (Å²) in [5, 5.41) is 11.0. The molecule has 0 fully saturated rings. The van der Waals surface area contributed by atoms with Crippen LogP contribution in [0.5, 0.6) is 0 Å². The summed E-state index contributed by atoms with van der Waals surface area (Å²) in [5.41, 5.74) is 0. The van der Waals surface area contributed by atoms with Gasteiger partial charge in [-0.3, -0.25) is 14.4 Å². The average Bonchev–Trinajstić information content (AvgIpc) is 1.98. The van der Waals surface area contributed by atoms with Gasteiger partial charge in [0.25, 0.3) is 6.41 Å². The maximum Gasteiger partial charge on any atom is 0.327 e. The summed E-state index contributed by atoms with van der Waals surface area (Å²) in [6.07, 6.45) is -1.59. The SMILES string of the molecule is CC(=O)OC(=O)CNC(O)OC(C)=O. The fourth-order valence-electron chi connectivity index (χ4n) is 0.566. The molecular formula is C7H11NO6. The van der Waals surface area contributed by atoms with Crippen LogP contribution >= 0.6 is 0 Å². The second kappa shape index (κ2) is 6.06. The summed E-state index contributed by atoms with van der Waals surface area (Å²) >= 11 is 0. The van der Waals surface area contributed by atoms with Crippen LogP contribution < -0.4 is 5.32 Å². The summed E-state index contributed by atoms with van der Waals surface area (Å²) in [6.45, 7) is 1.73. The fraction of sp³-hybridized carbons (Fsp3) is 0.571. The molecule has 0 amide bonds. The molecule has 7 nitrogen and oxygen atoms in total. The molecule has 0 aromatic carbocycles. The number of rotatable bonds is 4. The molecule has 0 saturated carbocycles. The van der Waals surface area contributed by atoms with Crippen molar-refractivity contribution in [2.75, 3.05) is 6.54 Å². The topological polar surface area (TPSA) is 102 Å². The van der Waals surface area contributed by atoms with Gasteiger partial charge in [-0.25, -0.2) is 5.32 Å². The molecule has 0 aliphatic carbocycles. The predicted octanol–water partition coefficient (Wildman–Crippen LogP) is -1.50. The highest BCUT2D eigenvalue weighted by molar-refractivity contribution is 5.85. The van der Waals surface area contributed by atoms with Crippen molar-refractivity contribution in [2.45, 2.75) is 20.3 Å². The summed E-state index contributed by atoms with van der Waals surface area (Å²) in [4.78, 5) is 31.2. The molecule has 0 spiro atoms. The number of aliphatic hydroxyl groups excluding tert-OH is 1. The van der Waals surface area contributed by atoms with E-state index in [9.17, 15) is 14.4 Å². The first-order chi connectivity index (χ1) is 6.41. The predicted molar refractivity (Wildman–Crippen MR) is 42.5 cm³/mol. The van der Waals surface area contributed by atoms with E-state index in [4.69, 9.17) is 5.11 Å². The van der Waals surface area contributed by atoms with Crippen molar-refractivity contribution in [1.82, 2.24) is 5.32 Å². The zero-order valence-electron chi connectivity index (χ0n) is 7.77. The molecule has 1 unspecified atom stereocenters. The van der Waals surface area contributed by atoms with Gasteiger partial charge in [0.15, 0.2) is 0 Å². The van der Waals surface area contributed by atoms with Crippen LogP contribution in [0.15, 0.2) is 0 Å². The molecule has 14 heavy (non-hydrogen) atoms. The van der Waals surface area contributed by atoms with Gasteiger partial charge in [0.1, 0.15) is 0 Å². The summed E-state index contributed by atoms with van der Waals surface area (Å²) < 4.78 is 8.33. The Bertz CT molecular complexity index is 238. The van der Waals surface area contributed by atoms with Crippen LogP contribution in [0.3, 0.4) is 0 Å². The minimum Gasteiger partial charge on any atom is -0.422 e. The second-order valence-corrected chi connectivity index (χ2v) is 2.31. The standard InChI is InChI=1S/C7H11NO6/c1-4(9)13-6(11)3-8-7(12)14-5(2)10/h7-8,12H,3H2,1-2H3. The summed E-state index contributed by atoms with van der Waals surface area (Å²) in [6, 6.07) is 0. The third kappa shape index (κ3) is 7.19. The first-order valence-corrected chi connectivity index (χ1v) is 3.71. The van der Waals surface area contributed by atoms with Gasteiger partial charge < -0.3 is 14.6 Å². The highest BCUT2D eigenvalue weighted by Crippen LogP contribution is 1.84. The van der Waals surface area contributed by atoms with E-state index in [1.54, 1.807) is 0 Å². The Balaban J connectivity index is 3.66.